The molecule has 0 spiro atoms. The number of imidazole rings is 1. The highest BCUT2D eigenvalue weighted by molar-refractivity contribution is 9.10. The van der Waals surface area contributed by atoms with Gasteiger partial charge in [-0.15, -0.1) is 0 Å². The Kier molecular flexibility index (Phi) is 3.95. The molecule has 4 N–H and O–H groups in total. The fourth-order valence-electron chi connectivity index (χ4n) is 1.76. The van der Waals surface area contributed by atoms with Crippen LogP contribution in [-0.4, -0.2) is 27.0 Å². The maximum Gasteiger partial charge on any atom is 0.172 e. The van der Waals surface area contributed by atoms with Gasteiger partial charge in [0.05, 0.1) is 22.6 Å². The summed E-state index contributed by atoms with van der Waals surface area (Å²) in [4.78, 5) is 15.9. The van der Waals surface area contributed by atoms with Gasteiger partial charge in [0.2, 0.25) is 0 Å². The van der Waals surface area contributed by atoms with Crippen molar-refractivity contribution in [3.63, 3.8) is 0 Å². The standard InChI is InChI=1S/C12H11BrN6OS/c1-20-6-2-3-7-8(4-6)18-12(17-7)21-11-9(13)10(19-14)15-5-16-11/h2-5H,14H2,1H3,(H,17,18)(H,15,16,19). The van der Waals surface area contributed by atoms with Crippen LogP contribution in [-0.2, 0) is 0 Å². The molecule has 9 heteroatoms. The van der Waals surface area contributed by atoms with E-state index in [2.05, 4.69) is 41.3 Å². The number of nitrogen functional groups attached to an aromatic ring is 1. The van der Waals surface area contributed by atoms with Crippen molar-refractivity contribution in [2.45, 2.75) is 10.2 Å². The zero-order valence-corrected chi connectivity index (χ0v) is 13.3. The van der Waals surface area contributed by atoms with E-state index in [9.17, 15) is 0 Å². The first kappa shape index (κ1) is 14.1. The van der Waals surface area contributed by atoms with Crippen molar-refractivity contribution in [1.29, 1.82) is 0 Å². The van der Waals surface area contributed by atoms with Crippen LogP contribution in [0.1, 0.15) is 0 Å². The molecule has 0 atom stereocenters. The fraction of sp³-hybridized carbons (Fsp3) is 0.0833. The average molecular weight is 367 g/mol. The van der Waals surface area contributed by atoms with Gasteiger partial charge in [0, 0.05) is 6.07 Å². The molecule has 21 heavy (non-hydrogen) atoms. The van der Waals surface area contributed by atoms with Crippen molar-refractivity contribution in [2.24, 2.45) is 5.84 Å². The number of nitrogens with two attached hydrogens (primary N) is 1. The van der Waals surface area contributed by atoms with E-state index >= 15 is 0 Å². The summed E-state index contributed by atoms with van der Waals surface area (Å²) >= 11 is 4.80. The topological polar surface area (TPSA) is 102 Å². The van der Waals surface area contributed by atoms with Gasteiger partial charge in [-0.3, -0.25) is 0 Å². The van der Waals surface area contributed by atoms with Gasteiger partial charge in [-0.05, 0) is 39.8 Å². The van der Waals surface area contributed by atoms with Crippen LogP contribution in [0.3, 0.4) is 0 Å². The first-order chi connectivity index (χ1) is 10.2. The Bertz CT molecular complexity index is 793. The fourth-order valence-corrected chi connectivity index (χ4v) is 3.09. The lowest BCUT2D eigenvalue weighted by atomic mass is 10.3. The second-order valence-electron chi connectivity index (χ2n) is 4.01. The van der Waals surface area contributed by atoms with Gasteiger partial charge in [0.1, 0.15) is 17.1 Å². The lowest BCUT2D eigenvalue weighted by molar-refractivity contribution is 0.415. The van der Waals surface area contributed by atoms with Gasteiger partial charge in [-0.1, -0.05) is 0 Å². The van der Waals surface area contributed by atoms with Crippen LogP contribution in [0.15, 0.2) is 39.2 Å². The number of anilines is 1. The number of benzene rings is 1. The minimum Gasteiger partial charge on any atom is -0.497 e. The molecular weight excluding hydrogens is 356 g/mol. The maximum atomic E-state index is 5.39. The Labute approximate surface area is 132 Å². The minimum absolute atomic E-state index is 0.519. The largest absolute Gasteiger partial charge is 0.497 e. The van der Waals surface area contributed by atoms with Crippen LogP contribution in [0.5, 0.6) is 5.75 Å². The molecular formula is C12H11BrN6OS. The number of ether oxygens (including phenoxy) is 1. The van der Waals surface area contributed by atoms with Gasteiger partial charge in [-0.2, -0.15) is 0 Å². The molecule has 0 aliphatic heterocycles. The number of methoxy groups -OCH3 is 1. The summed E-state index contributed by atoms with van der Waals surface area (Å²) in [6.45, 7) is 0. The van der Waals surface area contributed by atoms with E-state index in [1.54, 1.807) is 7.11 Å². The molecule has 3 rings (SSSR count). The highest BCUT2D eigenvalue weighted by atomic mass is 79.9. The highest BCUT2D eigenvalue weighted by Gasteiger charge is 2.12. The normalized spacial score (nSPS) is 10.8. The van der Waals surface area contributed by atoms with Gasteiger partial charge in [-0.25, -0.2) is 20.8 Å². The Hall–Kier alpha value is -1.84. The summed E-state index contributed by atoms with van der Waals surface area (Å²) in [5.74, 6) is 6.69. The predicted molar refractivity (Wildman–Crippen MR) is 84.3 cm³/mol. The Morgan fingerprint density at radius 3 is 3.00 bits per heavy atom. The molecule has 1 aromatic carbocycles. The molecule has 0 bridgehead atoms. The smallest absolute Gasteiger partial charge is 0.172 e. The number of hydrogen-bond donors (Lipinski definition) is 3. The molecule has 0 aliphatic rings. The first-order valence-electron chi connectivity index (χ1n) is 5.90. The van der Waals surface area contributed by atoms with Crippen LogP contribution in [0.25, 0.3) is 11.0 Å². The third kappa shape index (κ3) is 2.80. The number of halogens is 1. The van der Waals surface area contributed by atoms with Gasteiger partial charge >= 0.3 is 0 Å². The SMILES string of the molecule is COc1ccc2nc(Sc3ncnc(NN)c3Br)[nH]c2c1. The number of aromatic nitrogens is 4. The van der Waals surface area contributed by atoms with E-state index in [-0.39, 0.29) is 0 Å². The number of nitrogens with one attached hydrogen (secondary N) is 2. The quantitative estimate of drug-likeness (QED) is 0.370. The zero-order chi connectivity index (χ0) is 14.8. The molecule has 2 heterocycles. The summed E-state index contributed by atoms with van der Waals surface area (Å²) in [6.07, 6.45) is 1.44. The highest BCUT2D eigenvalue weighted by Crippen LogP contribution is 2.34. The molecule has 0 unspecified atom stereocenters. The lowest BCUT2D eigenvalue weighted by Crippen LogP contribution is -2.09. The van der Waals surface area contributed by atoms with E-state index in [1.165, 1.54) is 18.1 Å². The Balaban J connectivity index is 1.95. The van der Waals surface area contributed by atoms with E-state index in [0.29, 0.717) is 15.3 Å². The second kappa shape index (κ2) is 5.88. The summed E-state index contributed by atoms with van der Waals surface area (Å²) in [5.41, 5.74) is 4.27. The van der Waals surface area contributed by atoms with Crippen LogP contribution < -0.4 is 16.0 Å². The molecule has 108 valence electrons. The van der Waals surface area contributed by atoms with Gasteiger partial charge in [0.25, 0.3) is 0 Å². The van der Waals surface area contributed by atoms with Crippen LogP contribution in [0.4, 0.5) is 5.82 Å². The van der Waals surface area contributed by atoms with Crippen molar-refractivity contribution in [3.05, 3.63) is 29.0 Å². The van der Waals surface area contributed by atoms with Crippen molar-refractivity contribution in [3.8, 4) is 5.75 Å². The lowest BCUT2D eigenvalue weighted by Gasteiger charge is -2.04. The number of nitrogens with zero attached hydrogens (tertiary/aromatic N) is 3. The second-order valence-corrected chi connectivity index (χ2v) is 5.78. The third-order valence-corrected chi connectivity index (χ3v) is 4.66. The van der Waals surface area contributed by atoms with Crippen molar-refractivity contribution >= 4 is 44.5 Å². The number of hydrazine groups is 1. The molecule has 0 saturated heterocycles. The Morgan fingerprint density at radius 1 is 1.38 bits per heavy atom. The summed E-state index contributed by atoms with van der Waals surface area (Å²) in [5, 5.41) is 1.43. The summed E-state index contributed by atoms with van der Waals surface area (Å²) < 4.78 is 5.88. The van der Waals surface area contributed by atoms with E-state index in [4.69, 9.17) is 10.6 Å². The van der Waals surface area contributed by atoms with Gasteiger partial charge < -0.3 is 15.1 Å². The maximum absolute atomic E-state index is 5.39. The van der Waals surface area contributed by atoms with Crippen molar-refractivity contribution in [2.75, 3.05) is 12.5 Å². The first-order valence-corrected chi connectivity index (χ1v) is 7.51. The molecule has 0 amide bonds. The van der Waals surface area contributed by atoms with Crippen molar-refractivity contribution in [1.82, 2.24) is 19.9 Å². The predicted octanol–water partition coefficient (Wildman–Crippen LogP) is 2.56. The molecule has 3 aromatic rings. The van der Waals surface area contributed by atoms with Crippen LogP contribution in [0, 0.1) is 0 Å². The van der Waals surface area contributed by atoms with E-state index in [0.717, 1.165) is 21.9 Å². The summed E-state index contributed by atoms with van der Waals surface area (Å²) in [6, 6.07) is 5.67. The van der Waals surface area contributed by atoms with E-state index in [1.807, 2.05) is 18.2 Å². The van der Waals surface area contributed by atoms with Crippen molar-refractivity contribution < 1.29 is 4.74 Å². The molecule has 2 aromatic heterocycles. The number of hydrogen-bond acceptors (Lipinski definition) is 7. The monoisotopic (exact) mass is 366 g/mol. The third-order valence-electron chi connectivity index (χ3n) is 2.75. The Morgan fingerprint density at radius 2 is 2.24 bits per heavy atom. The number of rotatable bonds is 4. The summed E-state index contributed by atoms with van der Waals surface area (Å²) in [7, 11) is 1.63. The molecule has 0 radical (unpaired) electrons. The minimum atomic E-state index is 0.519. The number of aromatic amines is 1. The van der Waals surface area contributed by atoms with Gasteiger partial charge in [0.15, 0.2) is 11.0 Å². The molecule has 0 aliphatic carbocycles. The molecule has 7 nitrogen and oxygen atoms in total. The zero-order valence-electron chi connectivity index (χ0n) is 10.9. The number of fused-ring (bicyclic) bond motifs is 1. The molecule has 0 fully saturated rings. The molecule has 0 saturated carbocycles. The van der Waals surface area contributed by atoms with E-state index < -0.39 is 0 Å². The number of H-pyrrole nitrogens is 1. The average Bonchev–Trinajstić information content (AvgIpc) is 2.90. The van der Waals surface area contributed by atoms with Crippen LogP contribution in [0.2, 0.25) is 0 Å². The van der Waals surface area contributed by atoms with Crippen LogP contribution >= 0.6 is 27.7 Å².